The van der Waals surface area contributed by atoms with Gasteiger partial charge in [-0.25, -0.2) is 19.4 Å². The molecule has 11 nitrogen and oxygen atoms in total. The maximum atomic E-state index is 13.2. The van der Waals surface area contributed by atoms with Crippen molar-refractivity contribution in [1.29, 1.82) is 0 Å². The predicted molar refractivity (Wildman–Crippen MR) is 194 cm³/mol. The van der Waals surface area contributed by atoms with Gasteiger partial charge in [-0.2, -0.15) is 5.10 Å². The molecule has 3 fully saturated rings. The van der Waals surface area contributed by atoms with Crippen molar-refractivity contribution in [2.45, 2.75) is 96.7 Å². The highest BCUT2D eigenvalue weighted by molar-refractivity contribution is 14.1. The number of carbonyl (C=O) groups is 1. The standard InChI is InChI=1S/C35H44BIN6O5/c1-33(2,46-32(44)42-13-11-21(12-14-42)19-43-31-28(29(37)41-43)30(38)39-20-40-31)18-24-17-27(24)45-26-10-8-22-15-25(9-7-23(22)16-26)36-47-34(3,4)35(5,6)48-36/h7-10,15-16,20-21,24,27H,11-14,17-19H2,1-6H3,(H2,38,39,40). The average molecular weight is 766 g/mol. The van der Waals surface area contributed by atoms with Gasteiger partial charge in [0.2, 0.25) is 0 Å². The molecule has 1 amide bonds. The molecule has 4 heterocycles. The summed E-state index contributed by atoms with van der Waals surface area (Å²) in [5.74, 6) is 2.02. The summed E-state index contributed by atoms with van der Waals surface area (Å²) in [4.78, 5) is 23.5. The van der Waals surface area contributed by atoms with Crippen molar-refractivity contribution in [2.75, 3.05) is 18.8 Å². The van der Waals surface area contributed by atoms with Crippen molar-refractivity contribution in [3.63, 3.8) is 0 Å². The Bertz CT molecular complexity index is 1840. The van der Waals surface area contributed by atoms with Crippen molar-refractivity contribution in [3.05, 3.63) is 46.4 Å². The molecular weight excluding hydrogens is 722 g/mol. The zero-order valence-corrected chi connectivity index (χ0v) is 30.7. The summed E-state index contributed by atoms with van der Waals surface area (Å²) >= 11 is 2.18. The summed E-state index contributed by atoms with van der Waals surface area (Å²) in [6.07, 6.45) is 4.79. The lowest BCUT2D eigenvalue weighted by Crippen LogP contribution is -2.43. The Labute approximate surface area is 295 Å². The average Bonchev–Trinajstić information content (AvgIpc) is 3.57. The number of hydrogen-bond donors (Lipinski definition) is 1. The number of carbonyl (C=O) groups excluding carboxylic acids is 1. The second-order valence-corrected chi connectivity index (χ2v) is 16.2. The lowest BCUT2D eigenvalue weighted by molar-refractivity contribution is -0.00229. The van der Waals surface area contributed by atoms with Crippen LogP contribution in [0.15, 0.2) is 42.7 Å². The van der Waals surface area contributed by atoms with Crippen LogP contribution in [0, 0.1) is 15.5 Å². The van der Waals surface area contributed by atoms with E-state index in [2.05, 4.69) is 95.7 Å². The minimum absolute atomic E-state index is 0.113. The van der Waals surface area contributed by atoms with Crippen molar-refractivity contribution in [2.24, 2.45) is 11.8 Å². The first-order valence-electron chi connectivity index (χ1n) is 16.8. The molecule has 2 aromatic heterocycles. The number of aromatic nitrogens is 4. The Kier molecular flexibility index (Phi) is 8.55. The maximum Gasteiger partial charge on any atom is 0.494 e. The van der Waals surface area contributed by atoms with E-state index in [4.69, 9.17) is 24.5 Å². The molecule has 2 unspecified atom stereocenters. The summed E-state index contributed by atoms with van der Waals surface area (Å²) in [7, 11) is -0.388. The number of amides is 1. The highest BCUT2D eigenvalue weighted by Crippen LogP contribution is 2.42. The molecule has 13 heteroatoms. The van der Waals surface area contributed by atoms with Crippen LogP contribution < -0.4 is 15.9 Å². The van der Waals surface area contributed by atoms with Crippen molar-refractivity contribution in [1.82, 2.24) is 24.6 Å². The molecule has 0 spiro atoms. The van der Waals surface area contributed by atoms with E-state index in [9.17, 15) is 4.79 Å². The minimum atomic E-state index is -0.589. The van der Waals surface area contributed by atoms with Gasteiger partial charge in [0.1, 0.15) is 33.3 Å². The quantitative estimate of drug-likeness (QED) is 0.171. The summed E-state index contributed by atoms with van der Waals surface area (Å²) < 4.78 is 27.6. The third-order valence-corrected chi connectivity index (χ3v) is 11.2. The molecule has 4 aromatic rings. The first-order valence-corrected chi connectivity index (χ1v) is 17.9. The maximum absolute atomic E-state index is 13.2. The smallest absolute Gasteiger partial charge is 0.490 e. The number of rotatable bonds is 8. The highest BCUT2D eigenvalue weighted by Gasteiger charge is 2.51. The van der Waals surface area contributed by atoms with Gasteiger partial charge in [0.05, 0.1) is 16.6 Å². The summed E-state index contributed by atoms with van der Waals surface area (Å²) in [6.45, 7) is 14.3. The third-order valence-electron chi connectivity index (χ3n) is 10.4. The normalized spacial score (nSPS) is 22.4. The number of ether oxygens (including phenoxy) is 2. The number of piperidine rings is 1. The number of anilines is 1. The Balaban J connectivity index is 0.881. The molecule has 48 heavy (non-hydrogen) atoms. The highest BCUT2D eigenvalue weighted by atomic mass is 127. The molecule has 3 aliphatic rings. The van der Waals surface area contributed by atoms with Gasteiger partial charge in [0.15, 0.2) is 5.65 Å². The van der Waals surface area contributed by atoms with Gasteiger partial charge in [0.25, 0.3) is 0 Å². The van der Waals surface area contributed by atoms with Crippen LogP contribution in [0.5, 0.6) is 5.75 Å². The predicted octanol–water partition coefficient (Wildman–Crippen LogP) is 5.95. The zero-order chi connectivity index (χ0) is 34.0. The molecule has 2 saturated heterocycles. The minimum Gasteiger partial charge on any atom is -0.490 e. The van der Waals surface area contributed by atoms with Crippen molar-refractivity contribution >= 4 is 68.9 Å². The van der Waals surface area contributed by atoms with Gasteiger partial charge < -0.3 is 29.4 Å². The molecule has 0 radical (unpaired) electrons. The number of nitrogen functional groups attached to an aromatic ring is 1. The summed E-state index contributed by atoms with van der Waals surface area (Å²) in [6, 6.07) is 12.5. The largest absolute Gasteiger partial charge is 0.494 e. The molecule has 1 saturated carbocycles. The number of nitrogens with zero attached hydrogens (tertiary/aromatic N) is 5. The van der Waals surface area contributed by atoms with Crippen LogP contribution in [0.3, 0.4) is 0 Å². The fourth-order valence-corrected chi connectivity index (χ4v) is 7.60. The lowest BCUT2D eigenvalue weighted by Gasteiger charge is -2.34. The van der Waals surface area contributed by atoms with Crippen LogP contribution in [0.2, 0.25) is 0 Å². The van der Waals surface area contributed by atoms with Gasteiger partial charge in [-0.15, -0.1) is 0 Å². The molecular formula is C35H44BIN6O5. The molecule has 2 aromatic carbocycles. The fourth-order valence-electron chi connectivity index (χ4n) is 6.83. The number of hydrogen-bond acceptors (Lipinski definition) is 9. The monoisotopic (exact) mass is 766 g/mol. The summed E-state index contributed by atoms with van der Waals surface area (Å²) in [5.41, 5.74) is 6.48. The van der Waals surface area contributed by atoms with E-state index in [1.54, 1.807) is 0 Å². The van der Waals surface area contributed by atoms with E-state index in [0.717, 1.165) is 68.9 Å². The molecule has 2 N–H and O–H groups in total. The van der Waals surface area contributed by atoms with Crippen LogP contribution in [0.4, 0.5) is 10.6 Å². The molecule has 2 atom stereocenters. The van der Waals surface area contributed by atoms with Crippen LogP contribution >= 0.6 is 22.6 Å². The van der Waals surface area contributed by atoms with E-state index < -0.39 is 5.60 Å². The number of fused-ring (bicyclic) bond motifs is 2. The van der Waals surface area contributed by atoms with E-state index in [0.29, 0.717) is 30.7 Å². The third kappa shape index (κ3) is 6.69. The van der Waals surface area contributed by atoms with Gasteiger partial charge in [0, 0.05) is 25.6 Å². The van der Waals surface area contributed by atoms with Gasteiger partial charge in [-0.1, -0.05) is 24.3 Å². The van der Waals surface area contributed by atoms with E-state index in [1.807, 2.05) is 29.5 Å². The van der Waals surface area contributed by atoms with E-state index >= 15 is 0 Å². The first-order chi connectivity index (χ1) is 22.7. The van der Waals surface area contributed by atoms with Gasteiger partial charge in [-0.05, 0) is 124 Å². The Morgan fingerprint density at radius 3 is 2.48 bits per heavy atom. The van der Waals surface area contributed by atoms with Gasteiger partial charge in [-0.3, -0.25) is 0 Å². The van der Waals surface area contributed by atoms with Crippen LogP contribution in [0.1, 0.15) is 67.2 Å². The van der Waals surface area contributed by atoms with Crippen molar-refractivity contribution < 1.29 is 23.6 Å². The zero-order valence-electron chi connectivity index (χ0n) is 28.5. The van der Waals surface area contributed by atoms with Crippen LogP contribution in [-0.4, -0.2) is 73.9 Å². The number of halogens is 1. The Hall–Kier alpha value is -3.17. The van der Waals surface area contributed by atoms with Crippen LogP contribution in [0.25, 0.3) is 21.8 Å². The topological polar surface area (TPSA) is 127 Å². The second kappa shape index (κ2) is 12.3. The van der Waals surface area contributed by atoms with E-state index in [-0.39, 0.29) is 30.5 Å². The van der Waals surface area contributed by atoms with Crippen LogP contribution in [-0.2, 0) is 20.6 Å². The molecule has 2 aliphatic heterocycles. The molecule has 7 rings (SSSR count). The SMILES string of the molecule is CC(C)(CC1CC1Oc1ccc2cc(B3OC(C)(C)C(C)(C)O3)ccc2c1)OC(=O)N1CCC(Cn2nc(I)c3c(N)ncnc32)CC1. The molecule has 1 aliphatic carbocycles. The van der Waals surface area contributed by atoms with Crippen molar-refractivity contribution in [3.8, 4) is 5.75 Å². The number of likely N-dealkylation sites (tertiary alicyclic amines) is 1. The first kappa shape index (κ1) is 33.3. The Morgan fingerprint density at radius 1 is 1.06 bits per heavy atom. The Morgan fingerprint density at radius 2 is 1.75 bits per heavy atom. The number of nitrogens with two attached hydrogens (primary N) is 1. The lowest BCUT2D eigenvalue weighted by atomic mass is 9.78. The van der Waals surface area contributed by atoms with E-state index in [1.165, 1.54) is 6.33 Å². The second-order valence-electron chi connectivity index (χ2n) is 15.2. The summed E-state index contributed by atoms with van der Waals surface area (Å²) in [5, 5.41) is 7.67. The number of benzene rings is 2. The molecule has 254 valence electrons. The molecule has 0 bridgehead atoms. The fraction of sp³-hybridized carbons (Fsp3) is 0.543. The van der Waals surface area contributed by atoms with Gasteiger partial charge >= 0.3 is 13.2 Å².